The lowest BCUT2D eigenvalue weighted by Gasteiger charge is -2.20. The van der Waals surface area contributed by atoms with E-state index in [-0.39, 0.29) is 11.2 Å². The molecule has 7 rings (SSSR count). The van der Waals surface area contributed by atoms with Crippen molar-refractivity contribution in [1.82, 2.24) is 0 Å². The minimum absolute atomic E-state index is 0.0417. The molecule has 4 aliphatic rings. The summed E-state index contributed by atoms with van der Waals surface area (Å²) in [7, 11) is 1.71. The van der Waals surface area contributed by atoms with Gasteiger partial charge in [0.05, 0.1) is 55.4 Å². The molecule has 0 spiro atoms. The van der Waals surface area contributed by atoms with Crippen molar-refractivity contribution in [2.75, 3.05) is 93.0 Å². The number of methoxy groups -OCH3 is 1. The van der Waals surface area contributed by atoms with Crippen molar-refractivity contribution in [1.29, 1.82) is 0 Å². The number of hydrogen-bond acceptors (Lipinski definition) is 11. The van der Waals surface area contributed by atoms with Gasteiger partial charge >= 0.3 is 0 Å². The van der Waals surface area contributed by atoms with Gasteiger partial charge < -0.3 is 52.1 Å². The van der Waals surface area contributed by atoms with Crippen LogP contribution in [-0.4, -0.2) is 129 Å². The largest absolute Gasteiger partial charge is 0.494 e. The Balaban J connectivity index is -0.000000498. The van der Waals surface area contributed by atoms with Crippen LogP contribution < -0.4 is 4.74 Å². The normalized spacial score (nSPS) is 15.3. The molecular weight excluding hydrogens is 1220 g/mol. The molecule has 3 aromatic rings. The Morgan fingerprint density at radius 3 is 1.18 bits per heavy atom. The first-order valence-electron chi connectivity index (χ1n) is 39.9. The smallest absolute Gasteiger partial charge is 0.119 e. The van der Waals surface area contributed by atoms with Crippen molar-refractivity contribution in [3.8, 4) is 5.75 Å². The van der Waals surface area contributed by atoms with Gasteiger partial charge in [-0.25, -0.2) is 0 Å². The Kier molecular flexibility index (Phi) is 79.4. The molecule has 0 aliphatic heterocycles. The van der Waals surface area contributed by atoms with Crippen molar-refractivity contribution in [3.05, 3.63) is 102 Å². The highest BCUT2D eigenvalue weighted by molar-refractivity contribution is 5.20. The molecule has 11 nitrogen and oxygen atoms in total. The quantitative estimate of drug-likeness (QED) is 0.0621. The molecule has 4 fully saturated rings. The predicted molar refractivity (Wildman–Crippen MR) is 424 cm³/mol. The lowest BCUT2D eigenvalue weighted by atomic mass is 9.87. The summed E-state index contributed by atoms with van der Waals surface area (Å²) in [5.41, 5.74) is 2.68. The number of rotatable bonds is 29. The van der Waals surface area contributed by atoms with E-state index in [1.165, 1.54) is 140 Å². The molecule has 3 aromatic carbocycles. The van der Waals surface area contributed by atoms with Crippen LogP contribution in [-0.2, 0) is 60.4 Å². The number of para-hydroxylation sites is 1. The summed E-state index contributed by atoms with van der Waals surface area (Å²) < 4.78 is 58.2. The fourth-order valence-corrected chi connectivity index (χ4v) is 10.1. The summed E-state index contributed by atoms with van der Waals surface area (Å²) in [4.78, 5) is 0. The van der Waals surface area contributed by atoms with Crippen molar-refractivity contribution in [3.63, 3.8) is 0 Å². The van der Waals surface area contributed by atoms with E-state index in [1.807, 2.05) is 103 Å². The van der Waals surface area contributed by atoms with Gasteiger partial charge in [0.2, 0.25) is 0 Å². The Morgan fingerprint density at radius 1 is 0.398 bits per heavy atom. The van der Waals surface area contributed by atoms with Crippen molar-refractivity contribution in [2.24, 2.45) is 17.8 Å². The molecule has 0 saturated heterocycles. The SMILES string of the molecule is CCCOC(C)C(C)C.CCCOC(C)CC.CCOC(C)(C)C.CCOC1CCCC1.CCOC1CCCCC1.CCOCC1CCCCC1.CCOCCC1CCCCC1.CCOCCc1ccccc1.CCOCc1ccccc1.CCOc1ccccc1.COC(C)(C)C. The van der Waals surface area contributed by atoms with Crippen LogP contribution in [0.2, 0.25) is 0 Å². The van der Waals surface area contributed by atoms with E-state index in [4.69, 9.17) is 52.1 Å². The topological polar surface area (TPSA) is 102 Å². The summed E-state index contributed by atoms with van der Waals surface area (Å²) in [6.07, 6.45) is 34.3. The Hall–Kier alpha value is -2.94. The van der Waals surface area contributed by atoms with E-state index in [2.05, 4.69) is 133 Å². The number of ether oxygens (including phenoxy) is 11. The molecular formula is C87H164O11. The number of benzene rings is 3. The summed E-state index contributed by atoms with van der Waals surface area (Å²) in [5.74, 6) is 3.46. The summed E-state index contributed by atoms with van der Waals surface area (Å²) in [6.45, 7) is 55.6. The highest BCUT2D eigenvalue weighted by Crippen LogP contribution is 2.27. The molecule has 0 bridgehead atoms. The fraction of sp³-hybridized carbons (Fsp3) is 0.793. The molecule has 0 radical (unpaired) electrons. The zero-order valence-corrected chi connectivity index (χ0v) is 68.6. The van der Waals surface area contributed by atoms with E-state index in [1.54, 1.807) is 7.11 Å². The van der Waals surface area contributed by atoms with Crippen LogP contribution >= 0.6 is 0 Å². The third-order valence-corrected chi connectivity index (χ3v) is 16.4. The molecule has 98 heavy (non-hydrogen) atoms. The maximum Gasteiger partial charge on any atom is 0.119 e. The molecule has 11 heteroatoms. The van der Waals surface area contributed by atoms with E-state index in [0.29, 0.717) is 30.3 Å². The molecule has 0 aromatic heterocycles. The highest BCUT2D eigenvalue weighted by Gasteiger charge is 2.16. The first-order valence-corrected chi connectivity index (χ1v) is 39.9. The first-order chi connectivity index (χ1) is 47.1. The van der Waals surface area contributed by atoms with Crippen LogP contribution in [0.3, 0.4) is 0 Å². The molecule has 0 heterocycles. The Bertz CT molecular complexity index is 1880. The van der Waals surface area contributed by atoms with Gasteiger partial charge in [0.15, 0.2) is 0 Å². The number of hydrogen-bond donors (Lipinski definition) is 0. The van der Waals surface area contributed by atoms with Gasteiger partial charge in [-0.15, -0.1) is 0 Å². The van der Waals surface area contributed by atoms with Gasteiger partial charge in [-0.1, -0.05) is 197 Å². The molecule has 4 saturated carbocycles. The Morgan fingerprint density at radius 2 is 0.806 bits per heavy atom. The van der Waals surface area contributed by atoms with Gasteiger partial charge in [0.25, 0.3) is 0 Å². The van der Waals surface area contributed by atoms with Crippen LogP contribution in [0.1, 0.15) is 304 Å². The standard InChI is InChI=1S/C10H20O.C10H14O.C9H18O.C9H12O.C8H16O.C8H10O.C8H18O.C7H14O.C7H16O.C6H14O.C5H12O/c2*1-2-11-9-8-10-6-4-3-5-7-10;2*1-2-10-8-9-6-4-3-5-7-9;2*1-2-9-8-6-4-3-5-7-8;1-5-6-9-8(4)7(2)3;1-2-8-7-5-3-4-6-7;1-4-6-8-7(3)5-2;1-5-7-6(2,3)4;1-5(2,3)6-4/h10H,2-9H2,1H3;3-7H,2,8-9H2,1H3;9H,2-8H2,1H3;3-7H,2,8H2,1H3;8H,2-7H2,1H3;3-7H,2H2,1H3;7-8H,5-6H2,1-4H3;7H,2-6H2,1H3;7H,4-6H2,1-3H3;5H2,1-4H3;1-4H3. The molecule has 2 unspecified atom stereocenters. The van der Waals surface area contributed by atoms with E-state index in [0.717, 1.165) is 136 Å². The molecule has 4 aliphatic carbocycles. The van der Waals surface area contributed by atoms with Gasteiger partial charge in [0, 0.05) is 79.8 Å². The van der Waals surface area contributed by atoms with Crippen LogP contribution in [0.15, 0.2) is 91.0 Å². The van der Waals surface area contributed by atoms with E-state index < -0.39 is 0 Å². The van der Waals surface area contributed by atoms with Crippen LogP contribution in [0.25, 0.3) is 0 Å². The Labute approximate surface area is 609 Å². The van der Waals surface area contributed by atoms with Gasteiger partial charge in [0.1, 0.15) is 5.75 Å². The minimum Gasteiger partial charge on any atom is -0.494 e. The monoisotopic (exact) mass is 1390 g/mol. The lowest BCUT2D eigenvalue weighted by Crippen LogP contribution is -2.18. The van der Waals surface area contributed by atoms with Crippen LogP contribution in [0.5, 0.6) is 5.75 Å². The molecule has 0 N–H and O–H groups in total. The van der Waals surface area contributed by atoms with E-state index in [9.17, 15) is 0 Å². The average molecular weight is 1390 g/mol. The third-order valence-electron chi connectivity index (χ3n) is 16.4. The second kappa shape index (κ2) is 76.7. The highest BCUT2D eigenvalue weighted by atomic mass is 16.5. The summed E-state index contributed by atoms with van der Waals surface area (Å²) >= 11 is 0. The van der Waals surface area contributed by atoms with Crippen LogP contribution in [0.4, 0.5) is 0 Å². The molecule has 578 valence electrons. The first kappa shape index (κ1) is 101. The zero-order chi connectivity index (χ0) is 74.0. The predicted octanol–water partition coefficient (Wildman–Crippen LogP) is 24.4. The second-order valence-corrected chi connectivity index (χ2v) is 27.8. The maximum absolute atomic E-state index is 5.48. The summed E-state index contributed by atoms with van der Waals surface area (Å²) in [6, 6.07) is 30.4. The lowest BCUT2D eigenvalue weighted by molar-refractivity contribution is 0.00530. The second-order valence-electron chi connectivity index (χ2n) is 27.8. The van der Waals surface area contributed by atoms with Gasteiger partial charge in [-0.2, -0.15) is 0 Å². The zero-order valence-electron chi connectivity index (χ0n) is 68.6. The molecule has 0 amide bonds. The van der Waals surface area contributed by atoms with Gasteiger partial charge in [-0.3, -0.25) is 0 Å². The third kappa shape index (κ3) is 78.8. The average Bonchev–Trinajstić information content (AvgIpc) is 2.68. The van der Waals surface area contributed by atoms with Gasteiger partial charge in [-0.05, 0) is 222 Å². The van der Waals surface area contributed by atoms with Crippen LogP contribution in [0, 0.1) is 17.8 Å². The maximum atomic E-state index is 5.48. The van der Waals surface area contributed by atoms with Crippen molar-refractivity contribution in [2.45, 2.75) is 342 Å². The van der Waals surface area contributed by atoms with Crippen molar-refractivity contribution < 1.29 is 52.1 Å². The van der Waals surface area contributed by atoms with E-state index >= 15 is 0 Å². The fourth-order valence-electron chi connectivity index (χ4n) is 10.1. The minimum atomic E-state index is 0.0417. The van der Waals surface area contributed by atoms with Crippen molar-refractivity contribution >= 4 is 0 Å². The molecule has 2 atom stereocenters. The summed E-state index contributed by atoms with van der Waals surface area (Å²) in [5, 5.41) is 0.